The van der Waals surface area contributed by atoms with Gasteiger partial charge in [0, 0.05) is 6.54 Å². The maximum Gasteiger partial charge on any atom is 0.407 e. The molecule has 1 N–H and O–H groups in total. The van der Waals surface area contributed by atoms with Crippen molar-refractivity contribution >= 4 is 22.2 Å². The maximum absolute atomic E-state index is 13.1. The highest BCUT2D eigenvalue weighted by atomic mass is 32.2. The summed E-state index contributed by atoms with van der Waals surface area (Å²) in [5.74, 6) is -1.55. The Hall–Kier alpha value is -3.69. The second-order valence-corrected chi connectivity index (χ2v) is 10.4. The highest BCUT2D eigenvalue weighted by Gasteiger charge is 2.35. The molecule has 3 aromatic carbocycles. The number of unbranched alkanes of at least 4 members (excludes halogenated alkanes) is 1. The van der Waals surface area contributed by atoms with E-state index in [1.54, 1.807) is 42.5 Å². The third-order valence-corrected chi connectivity index (χ3v) is 7.29. The molecule has 2 unspecified atom stereocenters. The SMILES string of the molecule is COC(=O)C(c1ccccc1)C(CCCCNC(=O)OCc1ccccc1)OS(=O)(=O)c1ccc(C)cc1. The summed E-state index contributed by atoms with van der Waals surface area (Å²) in [6.45, 7) is 2.34. The van der Waals surface area contributed by atoms with Crippen LogP contribution in [0.2, 0.25) is 0 Å². The summed E-state index contributed by atoms with van der Waals surface area (Å²) < 4.78 is 42.1. The predicted octanol–water partition coefficient (Wildman–Crippen LogP) is 5.12. The van der Waals surface area contributed by atoms with E-state index in [0.29, 0.717) is 24.9 Å². The smallest absolute Gasteiger partial charge is 0.407 e. The molecule has 0 bridgehead atoms. The van der Waals surface area contributed by atoms with Crippen LogP contribution in [-0.2, 0) is 35.2 Å². The van der Waals surface area contributed by atoms with Gasteiger partial charge in [0.15, 0.2) is 0 Å². The van der Waals surface area contributed by atoms with Gasteiger partial charge in [-0.2, -0.15) is 8.42 Å². The molecule has 3 aromatic rings. The van der Waals surface area contributed by atoms with Crippen LogP contribution >= 0.6 is 0 Å². The Labute approximate surface area is 224 Å². The van der Waals surface area contributed by atoms with Crippen molar-refractivity contribution in [3.63, 3.8) is 0 Å². The number of carbonyl (C=O) groups excluding carboxylic acids is 2. The van der Waals surface area contributed by atoms with Crippen LogP contribution in [0.3, 0.4) is 0 Å². The predicted molar refractivity (Wildman–Crippen MR) is 143 cm³/mol. The lowest BCUT2D eigenvalue weighted by molar-refractivity contribution is -0.144. The van der Waals surface area contributed by atoms with Gasteiger partial charge in [0.1, 0.15) is 12.5 Å². The number of rotatable bonds is 13. The number of benzene rings is 3. The molecule has 0 radical (unpaired) electrons. The van der Waals surface area contributed by atoms with Gasteiger partial charge in [0.2, 0.25) is 0 Å². The van der Waals surface area contributed by atoms with Crippen molar-refractivity contribution in [1.82, 2.24) is 5.32 Å². The highest BCUT2D eigenvalue weighted by molar-refractivity contribution is 7.86. The zero-order valence-electron chi connectivity index (χ0n) is 21.5. The maximum atomic E-state index is 13.1. The number of nitrogens with one attached hydrogen (secondary N) is 1. The van der Waals surface area contributed by atoms with E-state index in [1.165, 1.54) is 19.2 Å². The highest BCUT2D eigenvalue weighted by Crippen LogP contribution is 2.30. The van der Waals surface area contributed by atoms with E-state index < -0.39 is 34.2 Å². The van der Waals surface area contributed by atoms with Crippen LogP contribution < -0.4 is 5.32 Å². The number of esters is 1. The quantitative estimate of drug-likeness (QED) is 0.182. The molecule has 3 rings (SSSR count). The number of amides is 1. The van der Waals surface area contributed by atoms with Crippen LogP contribution in [0.15, 0.2) is 89.8 Å². The lowest BCUT2D eigenvalue weighted by Gasteiger charge is -2.25. The molecule has 9 heteroatoms. The number of methoxy groups -OCH3 is 1. The number of ether oxygens (including phenoxy) is 2. The first-order valence-electron chi connectivity index (χ1n) is 12.4. The fourth-order valence-electron chi connectivity index (χ4n) is 3.92. The number of aryl methyl sites for hydroxylation is 1. The van der Waals surface area contributed by atoms with Crippen molar-refractivity contribution in [2.75, 3.05) is 13.7 Å². The molecule has 0 heterocycles. The van der Waals surface area contributed by atoms with Crippen molar-refractivity contribution in [3.05, 3.63) is 102 Å². The van der Waals surface area contributed by atoms with Crippen LogP contribution in [-0.4, -0.2) is 40.2 Å². The minimum Gasteiger partial charge on any atom is -0.468 e. The van der Waals surface area contributed by atoms with Crippen LogP contribution in [0.1, 0.15) is 41.9 Å². The van der Waals surface area contributed by atoms with E-state index in [0.717, 1.165) is 11.1 Å². The number of hydrogen-bond acceptors (Lipinski definition) is 7. The van der Waals surface area contributed by atoms with Crippen molar-refractivity contribution in [2.45, 2.75) is 49.7 Å². The van der Waals surface area contributed by atoms with Gasteiger partial charge in [-0.15, -0.1) is 0 Å². The fourth-order valence-corrected chi connectivity index (χ4v) is 5.03. The van der Waals surface area contributed by atoms with Crippen molar-refractivity contribution in [1.29, 1.82) is 0 Å². The van der Waals surface area contributed by atoms with Gasteiger partial charge >= 0.3 is 12.1 Å². The molecule has 0 fully saturated rings. The molecule has 0 saturated carbocycles. The van der Waals surface area contributed by atoms with Crippen LogP contribution in [0.4, 0.5) is 4.79 Å². The Kier molecular flexibility index (Phi) is 10.9. The minimum absolute atomic E-state index is 0.00704. The summed E-state index contributed by atoms with van der Waals surface area (Å²) in [7, 11) is -2.90. The summed E-state index contributed by atoms with van der Waals surface area (Å²) in [4.78, 5) is 24.8. The Morgan fingerprint density at radius 2 is 1.50 bits per heavy atom. The van der Waals surface area contributed by atoms with E-state index in [9.17, 15) is 18.0 Å². The molecule has 0 spiro atoms. The molecule has 8 nitrogen and oxygen atoms in total. The number of carbonyl (C=O) groups is 2. The van der Waals surface area contributed by atoms with Crippen molar-refractivity contribution in [3.8, 4) is 0 Å². The zero-order chi connectivity index (χ0) is 27.4. The standard InChI is InChI=1S/C29H33NO7S/c1-22-16-18-25(19-17-22)38(33,34)37-26(27(28(31)35-2)24-13-7-4-8-14-24)15-9-10-20-30-29(32)36-21-23-11-5-3-6-12-23/h3-8,11-14,16-19,26-27H,9-10,15,20-21H2,1-2H3,(H,30,32). The van der Waals surface area contributed by atoms with Gasteiger partial charge in [0.25, 0.3) is 10.1 Å². The van der Waals surface area contributed by atoms with Crippen molar-refractivity contribution in [2.24, 2.45) is 0 Å². The molecule has 2 atom stereocenters. The van der Waals surface area contributed by atoms with Gasteiger partial charge in [-0.3, -0.25) is 8.98 Å². The molecular weight excluding hydrogens is 506 g/mol. The van der Waals surface area contributed by atoms with Gasteiger partial charge in [-0.25, -0.2) is 4.79 Å². The Balaban J connectivity index is 1.65. The summed E-state index contributed by atoms with van der Waals surface area (Å²) in [6, 6.07) is 24.5. The third-order valence-electron chi connectivity index (χ3n) is 5.94. The topological polar surface area (TPSA) is 108 Å². The van der Waals surface area contributed by atoms with Crippen LogP contribution in [0.25, 0.3) is 0 Å². The van der Waals surface area contributed by atoms with E-state index in [-0.39, 0.29) is 17.9 Å². The Morgan fingerprint density at radius 1 is 0.868 bits per heavy atom. The van der Waals surface area contributed by atoms with E-state index in [1.807, 2.05) is 37.3 Å². The third kappa shape index (κ3) is 8.71. The Bertz CT molecular complexity index is 1260. The molecular formula is C29H33NO7S. The average molecular weight is 540 g/mol. The van der Waals surface area contributed by atoms with Crippen molar-refractivity contribution < 1.29 is 31.7 Å². The number of hydrogen-bond donors (Lipinski definition) is 1. The first kappa shape index (κ1) is 28.9. The molecule has 0 aliphatic rings. The summed E-state index contributed by atoms with van der Waals surface area (Å²) in [5.41, 5.74) is 2.38. The molecule has 202 valence electrons. The molecule has 0 aromatic heterocycles. The zero-order valence-corrected chi connectivity index (χ0v) is 22.4. The normalized spacial score (nSPS) is 12.8. The van der Waals surface area contributed by atoms with E-state index in [4.69, 9.17) is 13.7 Å². The lowest BCUT2D eigenvalue weighted by Crippen LogP contribution is -2.32. The van der Waals surface area contributed by atoms with E-state index >= 15 is 0 Å². The van der Waals surface area contributed by atoms with E-state index in [2.05, 4.69) is 5.32 Å². The van der Waals surface area contributed by atoms with Crippen LogP contribution in [0, 0.1) is 6.92 Å². The first-order chi connectivity index (χ1) is 18.3. The molecule has 38 heavy (non-hydrogen) atoms. The molecule has 0 aliphatic carbocycles. The average Bonchev–Trinajstić information content (AvgIpc) is 2.92. The first-order valence-corrected chi connectivity index (χ1v) is 13.8. The van der Waals surface area contributed by atoms with Gasteiger partial charge in [-0.1, -0.05) is 78.4 Å². The monoisotopic (exact) mass is 539 g/mol. The van der Waals surface area contributed by atoms with Crippen LogP contribution in [0.5, 0.6) is 0 Å². The lowest BCUT2D eigenvalue weighted by atomic mass is 9.90. The largest absolute Gasteiger partial charge is 0.468 e. The molecule has 1 amide bonds. The Morgan fingerprint density at radius 3 is 2.13 bits per heavy atom. The second-order valence-electron chi connectivity index (χ2n) is 8.80. The molecule has 0 saturated heterocycles. The minimum atomic E-state index is -4.16. The van der Waals surface area contributed by atoms with Gasteiger partial charge < -0.3 is 14.8 Å². The summed E-state index contributed by atoms with van der Waals surface area (Å²) >= 11 is 0. The fraction of sp³-hybridized carbons (Fsp3) is 0.310. The second kappa shape index (κ2) is 14.3. The summed E-state index contributed by atoms with van der Waals surface area (Å²) in [6.07, 6.45) is -0.317. The van der Waals surface area contributed by atoms with Gasteiger partial charge in [0.05, 0.1) is 18.1 Å². The molecule has 0 aliphatic heterocycles. The van der Waals surface area contributed by atoms with Gasteiger partial charge in [-0.05, 0) is 49.4 Å². The number of alkyl carbamates (subject to hydrolysis) is 1. The summed E-state index contributed by atoms with van der Waals surface area (Å²) in [5, 5.41) is 2.69.